The topological polar surface area (TPSA) is 60.0 Å². The van der Waals surface area contributed by atoms with Gasteiger partial charge in [-0.3, -0.25) is 0 Å². The highest BCUT2D eigenvalue weighted by molar-refractivity contribution is 8.00. The van der Waals surface area contributed by atoms with Crippen molar-refractivity contribution in [2.75, 3.05) is 13.7 Å². The quantitative estimate of drug-likeness (QED) is 0.811. The van der Waals surface area contributed by atoms with E-state index in [-0.39, 0.29) is 23.7 Å². The second-order valence-corrected chi connectivity index (χ2v) is 7.73. The largest absolute Gasteiger partial charge is 0.496 e. The monoisotopic (exact) mass is 373 g/mol. The van der Waals surface area contributed by atoms with Crippen LogP contribution in [-0.2, 0) is 16.0 Å². The van der Waals surface area contributed by atoms with Gasteiger partial charge in [0, 0.05) is 17.0 Å². The van der Waals surface area contributed by atoms with Gasteiger partial charge in [0.1, 0.15) is 11.9 Å². The van der Waals surface area contributed by atoms with E-state index in [0.717, 1.165) is 16.2 Å². The minimum Gasteiger partial charge on any atom is -0.496 e. The van der Waals surface area contributed by atoms with Crippen molar-refractivity contribution in [2.24, 2.45) is 0 Å². The zero-order valence-electron chi connectivity index (χ0n) is 14.6. The molecule has 5 nitrogen and oxygen atoms in total. The molecule has 2 N–H and O–H groups in total. The van der Waals surface area contributed by atoms with Crippen molar-refractivity contribution < 1.29 is 19.3 Å². The molecule has 2 heterocycles. The molecule has 6 heteroatoms. The Labute approximate surface area is 157 Å². The molecule has 2 saturated heterocycles. The molecule has 5 atom stereocenters. The molecular weight excluding hydrogens is 350 g/mol. The lowest BCUT2D eigenvalue weighted by Crippen LogP contribution is -2.58. The molecule has 0 aromatic heterocycles. The van der Waals surface area contributed by atoms with Gasteiger partial charge >= 0.3 is 0 Å². The van der Waals surface area contributed by atoms with Gasteiger partial charge in [-0.2, -0.15) is 0 Å². The Hall–Kier alpha value is -1.57. The van der Waals surface area contributed by atoms with Crippen LogP contribution in [0.15, 0.2) is 59.5 Å². The highest BCUT2D eigenvalue weighted by Crippen LogP contribution is 2.38. The Morgan fingerprint density at radius 3 is 2.73 bits per heavy atom. The van der Waals surface area contributed by atoms with Gasteiger partial charge in [-0.15, -0.1) is 11.8 Å². The van der Waals surface area contributed by atoms with E-state index in [1.54, 1.807) is 18.9 Å². The number of rotatable bonds is 6. The molecule has 2 bridgehead atoms. The van der Waals surface area contributed by atoms with E-state index in [1.807, 2.05) is 54.6 Å². The van der Waals surface area contributed by atoms with Crippen molar-refractivity contribution in [3.8, 4) is 5.75 Å². The van der Waals surface area contributed by atoms with Gasteiger partial charge in [0.2, 0.25) is 0 Å². The Balaban J connectivity index is 1.47. The van der Waals surface area contributed by atoms with Crippen LogP contribution in [0.25, 0.3) is 0 Å². The van der Waals surface area contributed by atoms with Crippen LogP contribution in [0.2, 0.25) is 0 Å². The van der Waals surface area contributed by atoms with Crippen molar-refractivity contribution in [3.05, 3.63) is 60.2 Å². The zero-order chi connectivity index (χ0) is 17.9. The molecule has 0 radical (unpaired) electrons. The summed E-state index contributed by atoms with van der Waals surface area (Å²) in [6.07, 6.45) is -1.08. The predicted octanol–water partition coefficient (Wildman–Crippen LogP) is 2.43. The minimum absolute atomic E-state index is 0.141. The first kappa shape index (κ1) is 17.8. The molecule has 138 valence electrons. The van der Waals surface area contributed by atoms with Crippen LogP contribution < -0.4 is 10.1 Å². The van der Waals surface area contributed by atoms with Crippen molar-refractivity contribution in [1.82, 2.24) is 5.32 Å². The number of benzene rings is 2. The fraction of sp³-hybridized carbons (Fsp3) is 0.400. The van der Waals surface area contributed by atoms with Crippen LogP contribution in [0.1, 0.15) is 5.56 Å². The molecule has 0 aliphatic carbocycles. The SMILES string of the molecule is COc1ccccc1CN[C@H]1[C@H](O)[C@@H](Sc2ccccc2)[C@@H]2OC[C@H]1O2. The van der Waals surface area contributed by atoms with Gasteiger partial charge in [-0.25, -0.2) is 0 Å². The first-order valence-corrected chi connectivity index (χ1v) is 9.66. The average Bonchev–Trinajstić information content (AvgIpc) is 3.12. The fourth-order valence-corrected chi connectivity index (χ4v) is 4.69. The van der Waals surface area contributed by atoms with Crippen molar-refractivity contribution in [3.63, 3.8) is 0 Å². The van der Waals surface area contributed by atoms with Crippen LogP contribution in [0.3, 0.4) is 0 Å². The Morgan fingerprint density at radius 1 is 1.15 bits per heavy atom. The van der Waals surface area contributed by atoms with E-state index in [4.69, 9.17) is 14.2 Å². The first-order valence-electron chi connectivity index (χ1n) is 8.78. The molecule has 2 aromatic carbocycles. The minimum atomic E-state index is -0.568. The predicted molar refractivity (Wildman–Crippen MR) is 100 cm³/mol. The van der Waals surface area contributed by atoms with E-state index < -0.39 is 6.10 Å². The summed E-state index contributed by atoms with van der Waals surface area (Å²) in [7, 11) is 1.67. The summed E-state index contributed by atoms with van der Waals surface area (Å²) in [6.45, 7) is 1.09. The third-order valence-corrected chi connectivity index (χ3v) is 6.16. The van der Waals surface area contributed by atoms with Gasteiger partial charge < -0.3 is 24.6 Å². The van der Waals surface area contributed by atoms with Gasteiger partial charge in [-0.05, 0) is 18.2 Å². The highest BCUT2D eigenvalue weighted by atomic mass is 32.2. The summed E-state index contributed by atoms with van der Waals surface area (Å²) in [5.74, 6) is 0.835. The number of hydrogen-bond acceptors (Lipinski definition) is 6. The normalized spacial score (nSPS) is 30.3. The molecule has 2 aromatic rings. The Bertz CT molecular complexity index is 729. The molecule has 0 unspecified atom stereocenters. The third kappa shape index (κ3) is 3.61. The maximum atomic E-state index is 11.0. The number of aliphatic hydroxyl groups excluding tert-OH is 1. The molecule has 0 amide bonds. The molecule has 0 spiro atoms. The second-order valence-electron chi connectivity index (χ2n) is 6.48. The second kappa shape index (κ2) is 7.98. The lowest BCUT2D eigenvalue weighted by atomic mass is 9.99. The Kier molecular flexibility index (Phi) is 5.47. The van der Waals surface area contributed by atoms with Crippen LogP contribution in [0.4, 0.5) is 0 Å². The number of methoxy groups -OCH3 is 1. The highest BCUT2D eigenvalue weighted by Gasteiger charge is 2.50. The number of para-hydroxylation sites is 1. The Morgan fingerprint density at radius 2 is 1.92 bits per heavy atom. The van der Waals surface area contributed by atoms with Gasteiger partial charge in [0.15, 0.2) is 6.29 Å². The van der Waals surface area contributed by atoms with Crippen molar-refractivity contribution in [1.29, 1.82) is 0 Å². The molecule has 2 aliphatic heterocycles. The molecule has 2 fully saturated rings. The summed E-state index contributed by atoms with van der Waals surface area (Å²) >= 11 is 1.60. The lowest BCUT2D eigenvalue weighted by Gasteiger charge is -2.38. The molecule has 0 saturated carbocycles. The van der Waals surface area contributed by atoms with Crippen molar-refractivity contribution in [2.45, 2.75) is 41.2 Å². The average molecular weight is 373 g/mol. The van der Waals surface area contributed by atoms with Gasteiger partial charge in [0.25, 0.3) is 0 Å². The molecule has 2 aliphatic rings. The van der Waals surface area contributed by atoms with Crippen molar-refractivity contribution >= 4 is 11.8 Å². The number of thioether (sulfide) groups is 1. The van der Waals surface area contributed by atoms with Crippen LogP contribution >= 0.6 is 11.8 Å². The van der Waals surface area contributed by atoms with E-state index in [1.165, 1.54) is 0 Å². The summed E-state index contributed by atoms with van der Waals surface area (Å²) < 4.78 is 17.2. The first-order chi connectivity index (χ1) is 12.8. The lowest BCUT2D eigenvalue weighted by molar-refractivity contribution is -0.123. The summed E-state index contributed by atoms with van der Waals surface area (Å²) in [5.41, 5.74) is 1.05. The van der Waals surface area contributed by atoms with Crippen LogP contribution in [-0.4, -0.2) is 48.6 Å². The molecular formula is C20H23NO4S. The zero-order valence-corrected chi connectivity index (χ0v) is 15.4. The maximum Gasteiger partial charge on any atom is 0.172 e. The van der Waals surface area contributed by atoms with E-state index in [2.05, 4.69) is 5.32 Å². The number of ether oxygens (including phenoxy) is 3. The smallest absolute Gasteiger partial charge is 0.172 e. The molecule has 26 heavy (non-hydrogen) atoms. The van der Waals surface area contributed by atoms with E-state index in [0.29, 0.717) is 13.2 Å². The number of hydrogen-bond donors (Lipinski definition) is 2. The van der Waals surface area contributed by atoms with E-state index >= 15 is 0 Å². The number of aliphatic hydroxyl groups is 1. The van der Waals surface area contributed by atoms with Gasteiger partial charge in [-0.1, -0.05) is 36.4 Å². The van der Waals surface area contributed by atoms with Gasteiger partial charge in [0.05, 0.1) is 31.1 Å². The summed E-state index contributed by atoms with van der Waals surface area (Å²) in [5, 5.41) is 14.3. The molecule has 4 rings (SSSR count). The van der Waals surface area contributed by atoms with Crippen LogP contribution in [0, 0.1) is 0 Å². The summed E-state index contributed by atoms with van der Waals surface area (Å²) in [6, 6.07) is 17.7. The standard InChI is InChI=1S/C20H23NO4S/c1-23-15-10-6-5-7-13(15)11-21-17-16-12-24-20(25-16)19(18(17)22)26-14-8-3-2-4-9-14/h2-10,16-22H,11-12H2,1H3/t16-,17-,18+,19-,20-/m1/s1. The summed E-state index contributed by atoms with van der Waals surface area (Å²) in [4.78, 5) is 1.09. The number of fused-ring (bicyclic) bond motifs is 2. The van der Waals surface area contributed by atoms with Crippen LogP contribution in [0.5, 0.6) is 5.75 Å². The van der Waals surface area contributed by atoms with E-state index in [9.17, 15) is 5.11 Å². The number of nitrogens with one attached hydrogen (secondary N) is 1. The fourth-order valence-electron chi connectivity index (χ4n) is 3.50. The maximum absolute atomic E-state index is 11.0. The third-order valence-electron chi connectivity index (χ3n) is 4.84.